The molecule has 8 heteroatoms. The van der Waals surface area contributed by atoms with E-state index >= 15 is 0 Å². The molecule has 2 rings (SSSR count). The van der Waals surface area contributed by atoms with E-state index in [0.717, 1.165) is 12.1 Å². The lowest BCUT2D eigenvalue weighted by Crippen LogP contribution is -2.37. The van der Waals surface area contributed by atoms with Crippen LogP contribution in [0.4, 0.5) is 4.79 Å². The van der Waals surface area contributed by atoms with Crippen molar-refractivity contribution in [3.8, 4) is 11.5 Å². The van der Waals surface area contributed by atoms with Gasteiger partial charge in [0.2, 0.25) is 0 Å². The number of carbonyl (C=O) groups excluding carboxylic acids is 1. The summed E-state index contributed by atoms with van der Waals surface area (Å²) in [7, 11) is 3.07. The van der Waals surface area contributed by atoms with Crippen molar-refractivity contribution >= 4 is 6.03 Å². The third-order valence-electron chi connectivity index (χ3n) is 3.71. The number of benzene rings is 1. The van der Waals surface area contributed by atoms with Gasteiger partial charge in [-0.25, -0.2) is 4.79 Å². The number of rotatable bonds is 8. The molecule has 0 aliphatic rings. The van der Waals surface area contributed by atoms with Crippen LogP contribution in [-0.4, -0.2) is 41.7 Å². The summed E-state index contributed by atoms with van der Waals surface area (Å²) in [5, 5.41) is 19.7. The molecule has 0 radical (unpaired) electrons. The van der Waals surface area contributed by atoms with Gasteiger partial charge in [-0.2, -0.15) is 5.10 Å². The minimum absolute atomic E-state index is 0.0789. The second-order valence-electron chi connectivity index (χ2n) is 5.40. The molecule has 1 aromatic carbocycles. The third kappa shape index (κ3) is 5.12. The van der Waals surface area contributed by atoms with E-state index in [4.69, 9.17) is 9.47 Å². The monoisotopic (exact) mass is 348 g/mol. The van der Waals surface area contributed by atoms with E-state index in [2.05, 4.69) is 15.7 Å². The van der Waals surface area contributed by atoms with Gasteiger partial charge in [0.1, 0.15) is 0 Å². The van der Waals surface area contributed by atoms with Crippen molar-refractivity contribution < 1.29 is 19.4 Å². The molecule has 0 saturated carbocycles. The van der Waals surface area contributed by atoms with E-state index in [1.54, 1.807) is 36.2 Å². The Morgan fingerprint density at radius 3 is 2.68 bits per heavy atom. The quantitative estimate of drug-likeness (QED) is 0.671. The maximum absolute atomic E-state index is 11.8. The number of aromatic nitrogens is 2. The second kappa shape index (κ2) is 8.93. The summed E-state index contributed by atoms with van der Waals surface area (Å²) in [6, 6.07) is 4.76. The molecular formula is C17H24N4O4. The van der Waals surface area contributed by atoms with Crippen LogP contribution in [0.25, 0.3) is 0 Å². The van der Waals surface area contributed by atoms with Crippen LogP contribution in [0.1, 0.15) is 24.2 Å². The first-order chi connectivity index (χ1) is 12.1. The molecule has 1 aromatic heterocycles. The zero-order valence-corrected chi connectivity index (χ0v) is 14.7. The second-order valence-corrected chi connectivity index (χ2v) is 5.40. The summed E-state index contributed by atoms with van der Waals surface area (Å²) >= 11 is 0. The molecule has 0 aliphatic carbocycles. The lowest BCUT2D eigenvalue weighted by Gasteiger charge is -2.15. The van der Waals surface area contributed by atoms with Gasteiger partial charge in [-0.05, 0) is 24.6 Å². The number of aryl methyl sites for hydroxylation is 1. The Hall–Kier alpha value is -2.74. The number of aliphatic hydroxyl groups excluding tert-OH is 1. The van der Waals surface area contributed by atoms with Crippen molar-refractivity contribution in [2.75, 3.05) is 20.8 Å². The number of nitrogens with zero attached hydrogens (tertiary/aromatic N) is 2. The number of urea groups is 1. The zero-order chi connectivity index (χ0) is 18.2. The Labute approximate surface area is 146 Å². The molecule has 0 saturated heterocycles. The Balaban J connectivity index is 1.82. The number of hydrogen-bond donors (Lipinski definition) is 3. The summed E-state index contributed by atoms with van der Waals surface area (Å²) in [5.41, 5.74) is 1.54. The van der Waals surface area contributed by atoms with E-state index in [-0.39, 0.29) is 12.6 Å². The van der Waals surface area contributed by atoms with E-state index in [9.17, 15) is 9.90 Å². The van der Waals surface area contributed by atoms with Crippen LogP contribution in [-0.2, 0) is 13.1 Å². The first-order valence-electron chi connectivity index (χ1n) is 8.00. The lowest BCUT2D eigenvalue weighted by molar-refractivity contribution is 0.172. The highest BCUT2D eigenvalue weighted by Gasteiger charge is 2.13. The number of methoxy groups -OCH3 is 2. The third-order valence-corrected chi connectivity index (χ3v) is 3.71. The van der Waals surface area contributed by atoms with Gasteiger partial charge >= 0.3 is 6.03 Å². The minimum Gasteiger partial charge on any atom is -0.493 e. The van der Waals surface area contributed by atoms with E-state index < -0.39 is 6.10 Å². The van der Waals surface area contributed by atoms with Crippen LogP contribution >= 0.6 is 0 Å². The summed E-state index contributed by atoms with van der Waals surface area (Å²) in [5.74, 6) is 1.10. The number of ether oxygens (including phenoxy) is 2. The highest BCUT2D eigenvalue weighted by atomic mass is 16.5. The SMILES string of the molecule is CCn1cc(CNC(=O)NC[C@@H](O)c2ccc(OC)c(OC)c2)cn1. The van der Waals surface area contributed by atoms with Gasteiger partial charge < -0.3 is 25.2 Å². The zero-order valence-electron chi connectivity index (χ0n) is 14.7. The van der Waals surface area contributed by atoms with Crippen molar-refractivity contribution in [1.82, 2.24) is 20.4 Å². The molecule has 136 valence electrons. The van der Waals surface area contributed by atoms with Gasteiger partial charge in [-0.1, -0.05) is 6.07 Å². The maximum atomic E-state index is 11.8. The van der Waals surface area contributed by atoms with Crippen LogP contribution in [0, 0.1) is 0 Å². The van der Waals surface area contributed by atoms with Gasteiger partial charge in [0.05, 0.1) is 26.5 Å². The smallest absolute Gasteiger partial charge is 0.315 e. The Morgan fingerprint density at radius 1 is 1.28 bits per heavy atom. The van der Waals surface area contributed by atoms with Gasteiger partial charge in [0, 0.05) is 31.4 Å². The molecule has 1 heterocycles. The Kier molecular flexibility index (Phi) is 6.64. The molecule has 3 N–H and O–H groups in total. The Bertz CT molecular complexity index is 702. The largest absolute Gasteiger partial charge is 0.493 e. The van der Waals surface area contributed by atoms with E-state index in [1.807, 2.05) is 13.1 Å². The highest BCUT2D eigenvalue weighted by molar-refractivity contribution is 5.73. The summed E-state index contributed by atoms with van der Waals surface area (Å²) in [4.78, 5) is 11.8. The summed E-state index contributed by atoms with van der Waals surface area (Å²) in [6.07, 6.45) is 2.73. The first-order valence-corrected chi connectivity index (χ1v) is 8.00. The van der Waals surface area contributed by atoms with Gasteiger partial charge in [0.15, 0.2) is 11.5 Å². The number of hydrogen-bond acceptors (Lipinski definition) is 5. The maximum Gasteiger partial charge on any atom is 0.315 e. The molecular weight excluding hydrogens is 324 g/mol. The van der Waals surface area contributed by atoms with E-state index in [0.29, 0.717) is 23.6 Å². The van der Waals surface area contributed by atoms with Crippen molar-refractivity contribution in [2.24, 2.45) is 0 Å². The van der Waals surface area contributed by atoms with Crippen LogP contribution in [0.2, 0.25) is 0 Å². The van der Waals surface area contributed by atoms with Gasteiger partial charge in [-0.15, -0.1) is 0 Å². The van der Waals surface area contributed by atoms with Crippen molar-refractivity contribution in [2.45, 2.75) is 26.1 Å². The normalized spacial score (nSPS) is 11.7. The predicted octanol–water partition coefficient (Wildman–Crippen LogP) is 1.45. The van der Waals surface area contributed by atoms with Crippen LogP contribution < -0.4 is 20.1 Å². The van der Waals surface area contributed by atoms with Gasteiger partial charge in [0.25, 0.3) is 0 Å². The average Bonchev–Trinajstić information content (AvgIpc) is 3.11. The molecule has 0 unspecified atom stereocenters. The highest BCUT2D eigenvalue weighted by Crippen LogP contribution is 2.29. The molecule has 0 aliphatic heterocycles. The molecule has 0 bridgehead atoms. The number of carbonyl (C=O) groups is 1. The van der Waals surface area contributed by atoms with Crippen molar-refractivity contribution in [1.29, 1.82) is 0 Å². The number of amides is 2. The average molecular weight is 348 g/mol. The molecule has 0 spiro atoms. The minimum atomic E-state index is -0.853. The fourth-order valence-corrected chi connectivity index (χ4v) is 2.28. The topological polar surface area (TPSA) is 97.6 Å². The Morgan fingerprint density at radius 2 is 2.04 bits per heavy atom. The van der Waals surface area contributed by atoms with Crippen molar-refractivity contribution in [3.05, 3.63) is 41.7 Å². The summed E-state index contributed by atoms with van der Waals surface area (Å²) in [6.45, 7) is 3.23. The summed E-state index contributed by atoms with van der Waals surface area (Å²) < 4.78 is 12.2. The van der Waals surface area contributed by atoms with E-state index in [1.165, 1.54) is 7.11 Å². The fourth-order valence-electron chi connectivity index (χ4n) is 2.28. The molecule has 2 amide bonds. The number of nitrogens with one attached hydrogen (secondary N) is 2. The van der Waals surface area contributed by atoms with Crippen LogP contribution in [0.5, 0.6) is 11.5 Å². The van der Waals surface area contributed by atoms with Crippen LogP contribution in [0.15, 0.2) is 30.6 Å². The fraction of sp³-hybridized carbons (Fsp3) is 0.412. The molecule has 2 aromatic rings. The number of aliphatic hydroxyl groups is 1. The first kappa shape index (κ1) is 18.6. The van der Waals surface area contributed by atoms with Crippen LogP contribution in [0.3, 0.4) is 0 Å². The molecule has 8 nitrogen and oxygen atoms in total. The molecule has 25 heavy (non-hydrogen) atoms. The molecule has 0 fully saturated rings. The standard InChI is InChI=1S/C17H24N4O4/c1-4-21-11-12(9-20-21)8-18-17(23)19-10-14(22)13-5-6-15(24-2)16(7-13)25-3/h5-7,9,11,14,22H,4,8,10H2,1-3H3,(H2,18,19,23)/t14-/m1/s1. The lowest BCUT2D eigenvalue weighted by atomic mass is 10.1. The predicted molar refractivity (Wildman–Crippen MR) is 92.6 cm³/mol. The van der Waals surface area contributed by atoms with Crippen molar-refractivity contribution in [3.63, 3.8) is 0 Å². The molecule has 1 atom stereocenters. The van der Waals surface area contributed by atoms with Gasteiger partial charge in [-0.3, -0.25) is 4.68 Å².